The van der Waals surface area contributed by atoms with Crippen molar-refractivity contribution >= 4 is 0 Å². The van der Waals surface area contributed by atoms with Gasteiger partial charge in [-0.25, -0.2) is 0 Å². The van der Waals surface area contributed by atoms with Crippen molar-refractivity contribution in [2.24, 2.45) is 5.92 Å². The smallest absolute Gasteiger partial charge is 0.0897 e. The molecule has 0 aliphatic heterocycles. The first-order valence-electron chi connectivity index (χ1n) is 7.41. The van der Waals surface area contributed by atoms with E-state index in [0.29, 0.717) is 39.0 Å². The van der Waals surface area contributed by atoms with Crippen LogP contribution in [0.1, 0.15) is 32.6 Å². The van der Waals surface area contributed by atoms with Crippen molar-refractivity contribution in [1.82, 2.24) is 5.32 Å². The predicted octanol–water partition coefficient (Wildman–Crippen LogP) is 0.541. The second kappa shape index (κ2) is 10.6. The summed E-state index contributed by atoms with van der Waals surface area (Å²) in [6.07, 6.45) is 4.65. The fourth-order valence-corrected chi connectivity index (χ4v) is 2.42. The first-order valence-corrected chi connectivity index (χ1v) is 7.41. The van der Waals surface area contributed by atoms with Gasteiger partial charge < -0.3 is 25.0 Å². The van der Waals surface area contributed by atoms with Gasteiger partial charge in [0.1, 0.15) is 0 Å². The molecule has 1 aliphatic rings. The van der Waals surface area contributed by atoms with Gasteiger partial charge >= 0.3 is 0 Å². The molecule has 1 aliphatic carbocycles. The van der Waals surface area contributed by atoms with Crippen LogP contribution in [0.4, 0.5) is 0 Å². The van der Waals surface area contributed by atoms with E-state index in [-0.39, 0.29) is 6.61 Å². The fourth-order valence-electron chi connectivity index (χ4n) is 2.42. The minimum Gasteiger partial charge on any atom is -0.394 e. The van der Waals surface area contributed by atoms with Gasteiger partial charge in [0, 0.05) is 13.1 Å². The van der Waals surface area contributed by atoms with Crippen LogP contribution < -0.4 is 5.32 Å². The molecule has 0 heterocycles. The molecule has 0 spiro atoms. The summed E-state index contributed by atoms with van der Waals surface area (Å²) in [6, 6.07) is 0. The van der Waals surface area contributed by atoms with Crippen molar-refractivity contribution in [3.63, 3.8) is 0 Å². The summed E-state index contributed by atoms with van der Waals surface area (Å²) < 4.78 is 10.9. The van der Waals surface area contributed by atoms with E-state index in [2.05, 4.69) is 12.2 Å². The third-order valence-corrected chi connectivity index (χ3v) is 3.45. The molecular weight excluding hydrogens is 246 g/mol. The van der Waals surface area contributed by atoms with Crippen LogP contribution in [0, 0.1) is 5.92 Å². The molecule has 1 rings (SSSR count). The number of hydrogen-bond acceptors (Lipinski definition) is 5. The molecule has 1 fully saturated rings. The summed E-state index contributed by atoms with van der Waals surface area (Å²) in [5.41, 5.74) is 0. The molecule has 0 radical (unpaired) electrons. The maximum Gasteiger partial charge on any atom is 0.0897 e. The van der Waals surface area contributed by atoms with Gasteiger partial charge in [0.2, 0.25) is 0 Å². The lowest BCUT2D eigenvalue weighted by molar-refractivity contribution is -0.0309. The van der Waals surface area contributed by atoms with Gasteiger partial charge in [0.25, 0.3) is 0 Å². The molecule has 19 heavy (non-hydrogen) atoms. The fraction of sp³-hybridized carbons (Fsp3) is 1.00. The van der Waals surface area contributed by atoms with Gasteiger partial charge in [-0.15, -0.1) is 0 Å². The van der Waals surface area contributed by atoms with Crippen LogP contribution in [-0.2, 0) is 9.47 Å². The maximum absolute atomic E-state index is 9.78. The summed E-state index contributed by atoms with van der Waals surface area (Å²) in [7, 11) is 0. The maximum atomic E-state index is 9.78. The quantitative estimate of drug-likeness (QED) is 0.508. The molecular formula is C14H29NO4. The molecule has 0 aromatic rings. The van der Waals surface area contributed by atoms with Gasteiger partial charge in [-0.2, -0.15) is 0 Å². The lowest BCUT2D eigenvalue weighted by Crippen LogP contribution is -2.34. The summed E-state index contributed by atoms with van der Waals surface area (Å²) in [5.74, 6) is 0.748. The van der Waals surface area contributed by atoms with Crippen molar-refractivity contribution in [3.8, 4) is 0 Å². The molecule has 5 heteroatoms. The van der Waals surface area contributed by atoms with E-state index in [1.165, 1.54) is 12.8 Å². The van der Waals surface area contributed by atoms with Gasteiger partial charge in [-0.05, 0) is 18.8 Å². The van der Waals surface area contributed by atoms with Crippen molar-refractivity contribution < 1.29 is 19.7 Å². The molecule has 0 bridgehead atoms. The van der Waals surface area contributed by atoms with Gasteiger partial charge in [-0.3, -0.25) is 0 Å². The summed E-state index contributed by atoms with van der Waals surface area (Å²) in [5, 5.41) is 21.4. The Bertz CT molecular complexity index is 216. The van der Waals surface area contributed by atoms with Crippen LogP contribution in [0.5, 0.6) is 0 Å². The second-order valence-electron chi connectivity index (χ2n) is 5.42. The first kappa shape index (κ1) is 16.9. The number of aliphatic hydroxyl groups excluding tert-OH is 2. The Balaban J connectivity index is 1.94. The zero-order chi connectivity index (χ0) is 13.9. The Morgan fingerprint density at radius 2 is 2.16 bits per heavy atom. The third kappa shape index (κ3) is 8.55. The van der Waals surface area contributed by atoms with E-state index < -0.39 is 6.10 Å². The van der Waals surface area contributed by atoms with Crippen LogP contribution in [0.3, 0.4) is 0 Å². The lowest BCUT2D eigenvalue weighted by atomic mass is 9.89. The third-order valence-electron chi connectivity index (χ3n) is 3.45. The molecule has 0 aromatic carbocycles. The summed E-state index contributed by atoms with van der Waals surface area (Å²) >= 11 is 0. The van der Waals surface area contributed by atoms with Gasteiger partial charge in [-0.1, -0.05) is 19.8 Å². The van der Waals surface area contributed by atoms with Crippen LogP contribution in [0.2, 0.25) is 0 Å². The van der Waals surface area contributed by atoms with Crippen molar-refractivity contribution in [3.05, 3.63) is 0 Å². The van der Waals surface area contributed by atoms with Gasteiger partial charge in [0.05, 0.1) is 38.6 Å². The Morgan fingerprint density at radius 1 is 1.32 bits per heavy atom. The predicted molar refractivity (Wildman–Crippen MR) is 74.2 cm³/mol. The standard InChI is InChI=1S/C14H29NO4/c1-12-3-2-4-14(9-12)19-11-13(17)10-15-5-7-18-8-6-16/h12-17H,2-11H2,1H3/t12-,13+,14-/m1/s1. The summed E-state index contributed by atoms with van der Waals surface area (Å²) in [6.45, 7) is 4.84. The van der Waals surface area contributed by atoms with Crippen molar-refractivity contribution in [1.29, 1.82) is 0 Å². The van der Waals surface area contributed by atoms with Crippen LogP contribution >= 0.6 is 0 Å². The highest BCUT2D eigenvalue weighted by Crippen LogP contribution is 2.25. The number of hydrogen-bond donors (Lipinski definition) is 3. The van der Waals surface area contributed by atoms with Crippen molar-refractivity contribution in [2.45, 2.75) is 44.8 Å². The SMILES string of the molecule is C[C@@H]1CCC[C@@H](OC[C@@H](O)CNCCOCCO)C1. The Hall–Kier alpha value is -0.200. The summed E-state index contributed by atoms with van der Waals surface area (Å²) in [4.78, 5) is 0. The topological polar surface area (TPSA) is 71.0 Å². The molecule has 0 unspecified atom stereocenters. The number of rotatable bonds is 10. The molecule has 3 N–H and O–H groups in total. The highest BCUT2D eigenvalue weighted by atomic mass is 16.5. The zero-order valence-corrected chi connectivity index (χ0v) is 12.0. The normalized spacial score (nSPS) is 25.4. The van der Waals surface area contributed by atoms with E-state index in [1.54, 1.807) is 0 Å². The second-order valence-corrected chi connectivity index (χ2v) is 5.42. The number of aliphatic hydroxyl groups is 2. The Kier molecular flexibility index (Phi) is 9.38. The zero-order valence-electron chi connectivity index (χ0n) is 12.0. The largest absolute Gasteiger partial charge is 0.394 e. The highest BCUT2D eigenvalue weighted by molar-refractivity contribution is 4.71. The van der Waals surface area contributed by atoms with E-state index in [9.17, 15) is 5.11 Å². The molecule has 0 aromatic heterocycles. The Labute approximate surface area is 116 Å². The van der Waals surface area contributed by atoms with E-state index in [1.807, 2.05) is 0 Å². The number of ether oxygens (including phenoxy) is 2. The first-order chi connectivity index (χ1) is 9.22. The molecule has 3 atom stereocenters. The van der Waals surface area contributed by atoms with E-state index >= 15 is 0 Å². The molecule has 0 saturated heterocycles. The molecule has 0 amide bonds. The average Bonchev–Trinajstić information content (AvgIpc) is 2.40. The molecule has 5 nitrogen and oxygen atoms in total. The van der Waals surface area contributed by atoms with E-state index in [4.69, 9.17) is 14.6 Å². The van der Waals surface area contributed by atoms with Crippen LogP contribution in [0.15, 0.2) is 0 Å². The minimum absolute atomic E-state index is 0.0519. The van der Waals surface area contributed by atoms with Crippen molar-refractivity contribution in [2.75, 3.05) is 39.5 Å². The minimum atomic E-state index is -0.463. The molecule has 1 saturated carbocycles. The average molecular weight is 275 g/mol. The Morgan fingerprint density at radius 3 is 2.89 bits per heavy atom. The lowest BCUT2D eigenvalue weighted by Gasteiger charge is -2.27. The highest BCUT2D eigenvalue weighted by Gasteiger charge is 2.20. The van der Waals surface area contributed by atoms with Crippen LogP contribution in [-0.4, -0.2) is 61.9 Å². The number of nitrogens with one attached hydrogen (secondary N) is 1. The van der Waals surface area contributed by atoms with Crippen LogP contribution in [0.25, 0.3) is 0 Å². The monoisotopic (exact) mass is 275 g/mol. The molecule has 114 valence electrons. The van der Waals surface area contributed by atoms with E-state index in [0.717, 1.165) is 18.8 Å². The van der Waals surface area contributed by atoms with Gasteiger partial charge in [0.15, 0.2) is 0 Å².